The van der Waals surface area contributed by atoms with E-state index in [0.717, 1.165) is 25.3 Å². The van der Waals surface area contributed by atoms with Crippen LogP contribution >= 0.6 is 0 Å². The van der Waals surface area contributed by atoms with Crippen LogP contribution in [0.15, 0.2) is 24.3 Å². The predicted molar refractivity (Wildman–Crippen MR) is 102 cm³/mol. The zero-order valence-corrected chi connectivity index (χ0v) is 16.2. The summed E-state index contributed by atoms with van der Waals surface area (Å²) in [7, 11) is 0. The highest BCUT2D eigenvalue weighted by Crippen LogP contribution is 2.14. The molecule has 0 aliphatic carbocycles. The first-order valence-corrected chi connectivity index (χ1v) is 9.47. The maximum atomic E-state index is 12.7. The van der Waals surface area contributed by atoms with Gasteiger partial charge in [-0.05, 0) is 56.0 Å². The Kier molecular flexibility index (Phi) is 7.45. The summed E-state index contributed by atoms with van der Waals surface area (Å²) in [4.78, 5) is 25.3. The number of ether oxygens (including phenoxy) is 1. The van der Waals surface area contributed by atoms with E-state index in [9.17, 15) is 9.59 Å². The van der Waals surface area contributed by atoms with Gasteiger partial charge in [0.25, 0.3) is 5.91 Å². The van der Waals surface area contributed by atoms with Crippen molar-refractivity contribution in [2.24, 2.45) is 11.8 Å². The van der Waals surface area contributed by atoms with Crippen LogP contribution in [0.25, 0.3) is 0 Å². The Balaban J connectivity index is 1.99. The molecule has 26 heavy (non-hydrogen) atoms. The van der Waals surface area contributed by atoms with E-state index in [1.807, 2.05) is 20.8 Å². The average Bonchev–Trinajstić information content (AvgIpc) is 2.62. The molecule has 3 N–H and O–H groups in total. The molecule has 0 radical (unpaired) electrons. The molecule has 3 unspecified atom stereocenters. The lowest BCUT2D eigenvalue weighted by Gasteiger charge is -2.32. The average molecular weight is 361 g/mol. The van der Waals surface area contributed by atoms with Crippen molar-refractivity contribution in [3.05, 3.63) is 29.8 Å². The van der Waals surface area contributed by atoms with Crippen LogP contribution in [0, 0.1) is 11.8 Å². The van der Waals surface area contributed by atoms with Gasteiger partial charge < -0.3 is 20.7 Å². The second-order valence-electron chi connectivity index (χ2n) is 7.24. The summed E-state index contributed by atoms with van der Waals surface area (Å²) in [6.07, 6.45) is 1.04. The Hall–Kier alpha value is -2.08. The number of rotatable bonds is 7. The van der Waals surface area contributed by atoms with Crippen molar-refractivity contribution in [3.8, 4) is 5.75 Å². The van der Waals surface area contributed by atoms with Crippen molar-refractivity contribution in [2.45, 2.75) is 46.2 Å². The maximum Gasteiger partial charge on any atom is 0.251 e. The largest absolute Gasteiger partial charge is 0.494 e. The third-order valence-electron chi connectivity index (χ3n) is 4.82. The monoisotopic (exact) mass is 361 g/mol. The molecule has 1 saturated heterocycles. The van der Waals surface area contributed by atoms with E-state index >= 15 is 0 Å². The van der Waals surface area contributed by atoms with Gasteiger partial charge in [-0.2, -0.15) is 0 Å². The van der Waals surface area contributed by atoms with E-state index in [-0.39, 0.29) is 23.8 Å². The van der Waals surface area contributed by atoms with Crippen molar-refractivity contribution in [2.75, 3.05) is 19.7 Å². The number of hydrogen-bond donors (Lipinski definition) is 3. The minimum Gasteiger partial charge on any atom is -0.494 e. The summed E-state index contributed by atoms with van der Waals surface area (Å²) in [6, 6.07) is 6.48. The number of piperidine rings is 1. The molecule has 6 heteroatoms. The second kappa shape index (κ2) is 9.57. The quantitative estimate of drug-likeness (QED) is 0.694. The van der Waals surface area contributed by atoms with Crippen molar-refractivity contribution >= 4 is 11.8 Å². The molecule has 0 saturated carbocycles. The van der Waals surface area contributed by atoms with Gasteiger partial charge in [-0.25, -0.2) is 0 Å². The Morgan fingerprint density at radius 1 is 1.27 bits per heavy atom. The lowest BCUT2D eigenvalue weighted by molar-refractivity contribution is -0.125. The number of carbonyl (C=O) groups is 2. The van der Waals surface area contributed by atoms with Crippen molar-refractivity contribution in [1.29, 1.82) is 0 Å². The van der Waals surface area contributed by atoms with Crippen LogP contribution in [0.3, 0.4) is 0 Å². The molecule has 1 aliphatic rings. The third kappa shape index (κ3) is 5.46. The lowest BCUT2D eigenvalue weighted by Crippen LogP contribution is -2.56. The van der Waals surface area contributed by atoms with Gasteiger partial charge in [0.05, 0.1) is 6.61 Å². The van der Waals surface area contributed by atoms with Crippen molar-refractivity contribution < 1.29 is 14.3 Å². The van der Waals surface area contributed by atoms with Gasteiger partial charge in [0.15, 0.2) is 0 Å². The Morgan fingerprint density at radius 2 is 1.96 bits per heavy atom. The molecule has 2 amide bonds. The molecular formula is C20H31N3O3. The summed E-state index contributed by atoms with van der Waals surface area (Å²) >= 11 is 0. The summed E-state index contributed by atoms with van der Waals surface area (Å²) in [5.41, 5.74) is 0.514. The molecule has 1 aliphatic heterocycles. The van der Waals surface area contributed by atoms with Crippen LogP contribution in [-0.4, -0.2) is 43.6 Å². The number of nitrogens with one attached hydrogen (secondary N) is 3. The van der Waals surface area contributed by atoms with E-state index in [1.165, 1.54) is 0 Å². The molecule has 0 bridgehead atoms. The Labute approximate surface area is 156 Å². The molecule has 0 aromatic heterocycles. The fourth-order valence-electron chi connectivity index (χ4n) is 3.08. The molecule has 144 valence electrons. The minimum absolute atomic E-state index is 0.00601. The van der Waals surface area contributed by atoms with Crippen LogP contribution in [0.5, 0.6) is 5.75 Å². The van der Waals surface area contributed by atoms with E-state index in [0.29, 0.717) is 18.1 Å². The van der Waals surface area contributed by atoms with Crippen LogP contribution < -0.4 is 20.7 Å². The van der Waals surface area contributed by atoms with Gasteiger partial charge >= 0.3 is 0 Å². The van der Waals surface area contributed by atoms with Gasteiger partial charge in [-0.1, -0.05) is 20.8 Å². The van der Waals surface area contributed by atoms with Gasteiger partial charge in [0, 0.05) is 18.2 Å². The topological polar surface area (TPSA) is 79.5 Å². The fraction of sp³-hybridized carbons (Fsp3) is 0.600. The first-order valence-electron chi connectivity index (χ1n) is 9.47. The minimum atomic E-state index is -0.566. The van der Waals surface area contributed by atoms with Crippen LogP contribution in [0.4, 0.5) is 0 Å². The second-order valence-corrected chi connectivity index (χ2v) is 7.24. The smallest absolute Gasteiger partial charge is 0.251 e. The molecule has 0 spiro atoms. The van der Waals surface area contributed by atoms with Crippen LogP contribution in [-0.2, 0) is 4.79 Å². The zero-order valence-electron chi connectivity index (χ0n) is 16.2. The van der Waals surface area contributed by atoms with Crippen molar-refractivity contribution in [3.63, 3.8) is 0 Å². The molecule has 1 heterocycles. The normalized spacial score (nSPS) is 21.1. The third-order valence-corrected chi connectivity index (χ3v) is 4.82. The summed E-state index contributed by atoms with van der Waals surface area (Å²) < 4.78 is 5.39. The molecule has 3 atom stereocenters. The number of hydrogen-bond acceptors (Lipinski definition) is 4. The van der Waals surface area contributed by atoms with Gasteiger partial charge in [0.1, 0.15) is 11.8 Å². The SMILES string of the molecule is CCOc1ccc(C(=O)NC(C(=O)NC2CNCCC2C)C(C)C)cc1. The summed E-state index contributed by atoms with van der Waals surface area (Å²) in [5, 5.41) is 9.28. The highest BCUT2D eigenvalue weighted by atomic mass is 16.5. The van der Waals surface area contributed by atoms with Crippen LogP contribution in [0.1, 0.15) is 44.5 Å². The Bertz CT molecular complexity index is 601. The first-order chi connectivity index (χ1) is 12.4. The zero-order chi connectivity index (χ0) is 19.1. The summed E-state index contributed by atoms with van der Waals surface area (Å²) in [6.45, 7) is 10.3. The summed E-state index contributed by atoms with van der Waals surface area (Å²) in [5.74, 6) is 0.765. The van der Waals surface area contributed by atoms with Crippen molar-refractivity contribution in [1.82, 2.24) is 16.0 Å². The highest BCUT2D eigenvalue weighted by Gasteiger charge is 2.29. The molecule has 1 aromatic rings. The van der Waals surface area contributed by atoms with E-state index in [2.05, 4.69) is 22.9 Å². The molecule has 1 fully saturated rings. The number of benzene rings is 1. The van der Waals surface area contributed by atoms with Gasteiger partial charge in [-0.15, -0.1) is 0 Å². The fourth-order valence-corrected chi connectivity index (χ4v) is 3.08. The van der Waals surface area contributed by atoms with Gasteiger partial charge in [-0.3, -0.25) is 9.59 Å². The van der Waals surface area contributed by atoms with E-state index in [1.54, 1.807) is 24.3 Å². The van der Waals surface area contributed by atoms with E-state index in [4.69, 9.17) is 4.74 Å². The molecular weight excluding hydrogens is 330 g/mol. The lowest BCUT2D eigenvalue weighted by atomic mass is 9.93. The Morgan fingerprint density at radius 3 is 2.54 bits per heavy atom. The van der Waals surface area contributed by atoms with Crippen LogP contribution in [0.2, 0.25) is 0 Å². The number of carbonyl (C=O) groups excluding carboxylic acids is 2. The maximum absolute atomic E-state index is 12.7. The molecule has 2 rings (SSSR count). The molecule has 1 aromatic carbocycles. The standard InChI is InChI=1S/C20H31N3O3/c1-5-26-16-8-6-15(7-9-16)19(24)23-18(13(2)3)20(25)22-17-12-21-11-10-14(17)4/h6-9,13-14,17-18,21H,5,10-12H2,1-4H3,(H,22,25)(H,23,24). The predicted octanol–water partition coefficient (Wildman–Crippen LogP) is 1.95. The van der Waals surface area contributed by atoms with E-state index < -0.39 is 6.04 Å². The number of amides is 2. The molecule has 6 nitrogen and oxygen atoms in total. The highest BCUT2D eigenvalue weighted by molar-refractivity contribution is 5.97. The van der Waals surface area contributed by atoms with Gasteiger partial charge in [0.2, 0.25) is 5.91 Å². The first kappa shape index (κ1) is 20.2.